The average molecular weight is 436 g/mol. The number of anilines is 2. The summed E-state index contributed by atoms with van der Waals surface area (Å²) in [5.74, 6) is 0.570. The second-order valence-electron chi connectivity index (χ2n) is 6.89. The Labute approximate surface area is 172 Å². The van der Waals surface area contributed by atoms with Crippen LogP contribution in [-0.2, 0) is 0 Å². The molecule has 1 aromatic carbocycles. The molecule has 11 heteroatoms. The van der Waals surface area contributed by atoms with Gasteiger partial charge in [-0.2, -0.15) is 18.3 Å². The molecule has 0 bridgehead atoms. The lowest BCUT2D eigenvalue weighted by molar-refractivity contribution is -0.173. The maximum atomic E-state index is 13.7. The molecule has 5 rings (SSSR count). The number of carbonyl (C=O) groups is 1. The Morgan fingerprint density at radius 3 is 2.83 bits per heavy atom. The van der Waals surface area contributed by atoms with Crippen LogP contribution in [0.4, 0.5) is 24.7 Å². The van der Waals surface area contributed by atoms with Crippen LogP contribution in [-0.4, -0.2) is 28.7 Å². The van der Waals surface area contributed by atoms with E-state index in [1.807, 2.05) is 5.38 Å². The molecule has 2 N–H and O–H groups in total. The van der Waals surface area contributed by atoms with Gasteiger partial charge in [-0.25, -0.2) is 4.68 Å². The molecule has 0 saturated heterocycles. The Bertz CT molecular complexity index is 1100. The third-order valence-electron chi connectivity index (χ3n) is 4.94. The first-order valence-corrected chi connectivity index (χ1v) is 9.93. The number of amides is 1. The third kappa shape index (κ3) is 3.34. The Hall–Kier alpha value is -3.21. The molecule has 3 aromatic rings. The van der Waals surface area contributed by atoms with Crippen molar-refractivity contribution in [2.24, 2.45) is 0 Å². The fourth-order valence-corrected chi connectivity index (χ4v) is 4.32. The molecule has 2 aliphatic rings. The standard InChI is InChI=1S/C19H15F3N4O3S/c20-19(21,22)16-7-11(15-2-1-5-30-15)24-17-8-12(25-26(16)17)18(27)23-10-3-4-13-14(6-10)29-9-28-13/h1-6,8,11,16,24H,7,9H2,(H,23,27)/t11-,16-/m1/s1. The number of thiophene rings is 1. The maximum Gasteiger partial charge on any atom is 0.410 e. The molecule has 0 saturated carbocycles. The lowest BCUT2D eigenvalue weighted by atomic mass is 10.0. The summed E-state index contributed by atoms with van der Waals surface area (Å²) in [6, 6.07) is 7.42. The van der Waals surface area contributed by atoms with Gasteiger partial charge in [-0.3, -0.25) is 4.79 Å². The van der Waals surface area contributed by atoms with Gasteiger partial charge < -0.3 is 20.1 Å². The molecule has 156 valence electrons. The average Bonchev–Trinajstić information content (AvgIpc) is 3.44. The van der Waals surface area contributed by atoms with Crippen LogP contribution < -0.4 is 20.1 Å². The fourth-order valence-electron chi connectivity index (χ4n) is 3.53. The van der Waals surface area contributed by atoms with Gasteiger partial charge in [0.15, 0.2) is 23.2 Å². The number of ether oxygens (including phenoxy) is 2. The number of aromatic nitrogens is 2. The summed E-state index contributed by atoms with van der Waals surface area (Å²) in [6.45, 7) is 0.0937. The van der Waals surface area contributed by atoms with E-state index in [-0.39, 0.29) is 24.7 Å². The number of nitrogens with one attached hydrogen (secondary N) is 2. The zero-order valence-electron chi connectivity index (χ0n) is 15.3. The molecule has 0 radical (unpaired) electrons. The van der Waals surface area contributed by atoms with E-state index >= 15 is 0 Å². The number of rotatable bonds is 3. The first kappa shape index (κ1) is 18.8. The Kier molecular flexibility index (Phi) is 4.35. The molecule has 0 aliphatic carbocycles. The van der Waals surface area contributed by atoms with E-state index in [1.54, 1.807) is 30.3 Å². The van der Waals surface area contributed by atoms with Crippen molar-refractivity contribution in [1.29, 1.82) is 0 Å². The summed E-state index contributed by atoms with van der Waals surface area (Å²) in [4.78, 5) is 13.4. The van der Waals surface area contributed by atoms with Crippen molar-refractivity contribution < 1.29 is 27.4 Å². The van der Waals surface area contributed by atoms with Gasteiger partial charge in [0.2, 0.25) is 6.79 Å². The zero-order chi connectivity index (χ0) is 20.9. The van der Waals surface area contributed by atoms with Crippen LogP contribution in [0.1, 0.15) is 33.9 Å². The van der Waals surface area contributed by atoms with Crippen molar-refractivity contribution in [2.45, 2.75) is 24.7 Å². The summed E-state index contributed by atoms with van der Waals surface area (Å²) in [6.07, 6.45) is -4.70. The highest BCUT2D eigenvalue weighted by Gasteiger charge is 2.47. The zero-order valence-corrected chi connectivity index (χ0v) is 16.1. The van der Waals surface area contributed by atoms with Gasteiger partial charge in [0.05, 0.1) is 6.04 Å². The predicted molar refractivity (Wildman–Crippen MR) is 103 cm³/mol. The highest BCUT2D eigenvalue weighted by atomic mass is 32.1. The lowest BCUT2D eigenvalue weighted by Crippen LogP contribution is -2.35. The molecule has 2 atom stereocenters. The molecule has 0 unspecified atom stereocenters. The van der Waals surface area contributed by atoms with Crippen molar-refractivity contribution in [3.05, 3.63) is 52.3 Å². The first-order chi connectivity index (χ1) is 14.4. The van der Waals surface area contributed by atoms with Crippen LogP contribution >= 0.6 is 11.3 Å². The largest absolute Gasteiger partial charge is 0.454 e. The predicted octanol–water partition coefficient (Wildman–Crippen LogP) is 4.59. The highest BCUT2D eigenvalue weighted by Crippen LogP contribution is 2.44. The number of benzene rings is 1. The maximum absolute atomic E-state index is 13.7. The summed E-state index contributed by atoms with van der Waals surface area (Å²) < 4.78 is 52.5. The van der Waals surface area contributed by atoms with Gasteiger partial charge in [0.25, 0.3) is 5.91 Å². The van der Waals surface area contributed by atoms with E-state index in [9.17, 15) is 18.0 Å². The van der Waals surface area contributed by atoms with Crippen LogP contribution in [0, 0.1) is 0 Å². The lowest BCUT2D eigenvalue weighted by Gasteiger charge is -2.32. The summed E-state index contributed by atoms with van der Waals surface area (Å²) in [7, 11) is 0. The normalized spacial score (nSPS) is 19.8. The number of nitrogens with zero attached hydrogens (tertiary/aromatic N) is 2. The quantitative estimate of drug-likeness (QED) is 0.628. The van der Waals surface area contributed by atoms with Crippen molar-refractivity contribution in [3.63, 3.8) is 0 Å². The molecule has 7 nitrogen and oxygen atoms in total. The van der Waals surface area contributed by atoms with Crippen molar-refractivity contribution in [2.75, 3.05) is 17.4 Å². The summed E-state index contributed by atoms with van der Waals surface area (Å²) in [5, 5.41) is 11.5. The van der Waals surface area contributed by atoms with Crippen molar-refractivity contribution in [3.8, 4) is 11.5 Å². The molecule has 30 heavy (non-hydrogen) atoms. The van der Waals surface area contributed by atoms with E-state index in [4.69, 9.17) is 9.47 Å². The summed E-state index contributed by atoms with van der Waals surface area (Å²) in [5.41, 5.74) is 0.309. The SMILES string of the molecule is O=C(Nc1ccc2c(c1)OCO2)c1cc2n(n1)[C@@H](C(F)(F)F)C[C@H](c1cccs1)N2. The number of fused-ring (bicyclic) bond motifs is 2. The van der Waals surface area contributed by atoms with Crippen LogP contribution in [0.5, 0.6) is 11.5 Å². The third-order valence-corrected chi connectivity index (χ3v) is 5.93. The van der Waals surface area contributed by atoms with Crippen molar-refractivity contribution in [1.82, 2.24) is 9.78 Å². The van der Waals surface area contributed by atoms with E-state index in [0.717, 1.165) is 9.56 Å². The minimum atomic E-state index is -4.50. The Balaban J connectivity index is 1.42. The molecule has 4 heterocycles. The minimum Gasteiger partial charge on any atom is -0.454 e. The summed E-state index contributed by atoms with van der Waals surface area (Å²) >= 11 is 1.38. The monoisotopic (exact) mass is 436 g/mol. The molecule has 2 aromatic heterocycles. The number of carbonyl (C=O) groups excluding carboxylic acids is 1. The van der Waals surface area contributed by atoms with Gasteiger partial charge >= 0.3 is 6.18 Å². The van der Waals surface area contributed by atoms with Gasteiger partial charge in [0, 0.05) is 29.1 Å². The second kappa shape index (κ2) is 6.94. The molecule has 0 spiro atoms. The minimum absolute atomic E-state index is 0.0937. The Morgan fingerprint density at radius 1 is 1.23 bits per heavy atom. The van der Waals surface area contributed by atoms with E-state index in [2.05, 4.69) is 15.7 Å². The van der Waals surface area contributed by atoms with Crippen LogP contribution in [0.2, 0.25) is 0 Å². The highest BCUT2D eigenvalue weighted by molar-refractivity contribution is 7.10. The van der Waals surface area contributed by atoms with E-state index in [0.29, 0.717) is 17.2 Å². The van der Waals surface area contributed by atoms with Crippen LogP contribution in [0.15, 0.2) is 41.8 Å². The molecular weight excluding hydrogens is 421 g/mol. The molecular formula is C19H15F3N4O3S. The number of hydrogen-bond donors (Lipinski definition) is 2. The van der Waals surface area contributed by atoms with Crippen LogP contribution in [0.3, 0.4) is 0 Å². The van der Waals surface area contributed by atoms with Gasteiger partial charge in [-0.15, -0.1) is 11.3 Å². The number of alkyl halides is 3. The first-order valence-electron chi connectivity index (χ1n) is 9.06. The number of halogens is 3. The smallest absolute Gasteiger partial charge is 0.410 e. The van der Waals surface area contributed by atoms with E-state index < -0.39 is 24.2 Å². The topological polar surface area (TPSA) is 77.4 Å². The molecule has 0 fully saturated rings. The van der Waals surface area contributed by atoms with Crippen molar-refractivity contribution >= 4 is 28.7 Å². The second-order valence-corrected chi connectivity index (χ2v) is 7.87. The van der Waals surface area contributed by atoms with E-state index in [1.165, 1.54) is 17.4 Å². The van der Waals surface area contributed by atoms with Gasteiger partial charge in [-0.05, 0) is 23.6 Å². The Morgan fingerprint density at radius 2 is 2.07 bits per heavy atom. The molecule has 1 amide bonds. The van der Waals surface area contributed by atoms with Gasteiger partial charge in [0.1, 0.15) is 5.82 Å². The number of hydrogen-bond acceptors (Lipinski definition) is 6. The van der Waals surface area contributed by atoms with Crippen LogP contribution in [0.25, 0.3) is 0 Å². The molecule has 2 aliphatic heterocycles. The fraction of sp³-hybridized carbons (Fsp3) is 0.263. The van der Waals surface area contributed by atoms with Gasteiger partial charge in [-0.1, -0.05) is 6.07 Å².